The molecule has 0 atom stereocenters. The molecular weight excluding hydrogens is 372 g/mol. The molecule has 0 unspecified atom stereocenters. The lowest BCUT2D eigenvalue weighted by molar-refractivity contribution is -0.385. The zero-order valence-corrected chi connectivity index (χ0v) is 15.9. The molecule has 0 N–H and O–H groups in total. The van der Waals surface area contributed by atoms with E-state index in [2.05, 4.69) is 0 Å². The molecule has 0 aromatic heterocycles. The fourth-order valence-corrected chi connectivity index (χ4v) is 5.21. The number of nitrogens with zero attached hydrogens (tertiary/aromatic N) is 4. The molecule has 2 saturated heterocycles. The van der Waals surface area contributed by atoms with Gasteiger partial charge in [0.25, 0.3) is 21.8 Å². The topological polar surface area (TPSA) is 104 Å². The van der Waals surface area contributed by atoms with E-state index in [4.69, 9.17) is 0 Å². The number of nitro groups is 1. The minimum absolute atomic E-state index is 0.0336. The van der Waals surface area contributed by atoms with Crippen LogP contribution in [0.4, 0.5) is 5.69 Å². The zero-order chi connectivity index (χ0) is 19.4. The van der Waals surface area contributed by atoms with Crippen LogP contribution in [0.1, 0.15) is 36.0 Å². The number of carbonyl (C=O) groups excluding carboxylic acids is 1. The zero-order valence-electron chi connectivity index (χ0n) is 15.1. The molecule has 0 spiro atoms. The van der Waals surface area contributed by atoms with Crippen molar-refractivity contribution in [2.45, 2.75) is 25.7 Å². The lowest BCUT2D eigenvalue weighted by Gasteiger charge is -2.36. The normalized spacial score (nSPS) is 20.2. The Kier molecular flexibility index (Phi) is 6.08. The van der Waals surface area contributed by atoms with Crippen molar-refractivity contribution >= 4 is 21.8 Å². The standard InChI is InChI=1S/C17H24N4O5S/c22-17(15-7-3-4-8-16(15)21(23)24)18-11-13-20(14-12-18)27(25,26)19-9-5-1-2-6-10-19/h3-4,7-8H,1-2,5-6,9-14H2. The molecular formula is C17H24N4O5S. The summed E-state index contributed by atoms with van der Waals surface area (Å²) in [6.07, 6.45) is 3.83. The predicted octanol–water partition coefficient (Wildman–Crippen LogP) is 1.47. The van der Waals surface area contributed by atoms with Gasteiger partial charge in [0.15, 0.2) is 0 Å². The first kappa shape index (κ1) is 19.7. The van der Waals surface area contributed by atoms with E-state index in [1.165, 1.54) is 27.4 Å². The van der Waals surface area contributed by atoms with Crippen LogP contribution in [-0.4, -0.2) is 72.0 Å². The number of benzene rings is 1. The summed E-state index contributed by atoms with van der Waals surface area (Å²) in [4.78, 5) is 24.7. The van der Waals surface area contributed by atoms with E-state index in [1.807, 2.05) is 0 Å². The Bertz CT molecular complexity index is 797. The summed E-state index contributed by atoms with van der Waals surface area (Å²) in [7, 11) is -3.52. The second-order valence-electron chi connectivity index (χ2n) is 6.79. The Morgan fingerprint density at radius 3 is 2.04 bits per heavy atom. The molecule has 2 fully saturated rings. The number of rotatable bonds is 4. The molecule has 0 aliphatic carbocycles. The molecule has 9 nitrogen and oxygen atoms in total. The molecule has 2 aliphatic rings. The van der Waals surface area contributed by atoms with E-state index in [0.717, 1.165) is 25.7 Å². The van der Waals surface area contributed by atoms with Crippen LogP contribution in [0, 0.1) is 10.1 Å². The van der Waals surface area contributed by atoms with Gasteiger partial charge in [0.1, 0.15) is 5.56 Å². The van der Waals surface area contributed by atoms with Gasteiger partial charge in [-0.1, -0.05) is 25.0 Å². The molecule has 0 bridgehead atoms. The summed E-state index contributed by atoms with van der Waals surface area (Å²) in [5, 5.41) is 11.1. The van der Waals surface area contributed by atoms with Gasteiger partial charge in [0, 0.05) is 45.3 Å². The molecule has 10 heteroatoms. The van der Waals surface area contributed by atoms with Gasteiger partial charge in [-0.05, 0) is 18.9 Å². The summed E-state index contributed by atoms with van der Waals surface area (Å²) in [5.41, 5.74) is -0.201. The molecule has 1 aromatic rings. The number of para-hydroxylation sites is 1. The van der Waals surface area contributed by atoms with Gasteiger partial charge in [-0.15, -0.1) is 0 Å². The van der Waals surface area contributed by atoms with Crippen LogP contribution >= 0.6 is 0 Å². The summed E-state index contributed by atoms with van der Waals surface area (Å²) in [5.74, 6) is -0.436. The number of hydrogen-bond donors (Lipinski definition) is 0. The summed E-state index contributed by atoms with van der Waals surface area (Å²) in [6, 6.07) is 5.83. The third-order valence-electron chi connectivity index (χ3n) is 5.07. The largest absolute Gasteiger partial charge is 0.336 e. The highest BCUT2D eigenvalue weighted by Gasteiger charge is 2.34. The van der Waals surface area contributed by atoms with Gasteiger partial charge < -0.3 is 4.90 Å². The highest BCUT2D eigenvalue weighted by Crippen LogP contribution is 2.22. The van der Waals surface area contributed by atoms with Crippen molar-refractivity contribution in [1.82, 2.24) is 13.5 Å². The van der Waals surface area contributed by atoms with E-state index in [-0.39, 0.29) is 37.4 Å². The molecule has 1 amide bonds. The van der Waals surface area contributed by atoms with Crippen LogP contribution in [0.25, 0.3) is 0 Å². The lowest BCUT2D eigenvalue weighted by atomic mass is 10.1. The molecule has 0 radical (unpaired) electrons. The number of nitro benzene ring substituents is 1. The van der Waals surface area contributed by atoms with Gasteiger partial charge >= 0.3 is 0 Å². The highest BCUT2D eigenvalue weighted by atomic mass is 32.2. The van der Waals surface area contributed by atoms with Crippen LogP contribution in [0.5, 0.6) is 0 Å². The number of piperazine rings is 1. The van der Waals surface area contributed by atoms with E-state index in [9.17, 15) is 23.3 Å². The number of hydrogen-bond acceptors (Lipinski definition) is 5. The quantitative estimate of drug-likeness (QED) is 0.566. The highest BCUT2D eigenvalue weighted by molar-refractivity contribution is 7.86. The Balaban J connectivity index is 1.66. The molecule has 0 saturated carbocycles. The van der Waals surface area contributed by atoms with Crippen molar-refractivity contribution in [3.05, 3.63) is 39.9 Å². The Labute approximate surface area is 158 Å². The Morgan fingerprint density at radius 2 is 1.44 bits per heavy atom. The van der Waals surface area contributed by atoms with Crippen molar-refractivity contribution in [3.8, 4) is 0 Å². The van der Waals surface area contributed by atoms with Crippen LogP contribution < -0.4 is 0 Å². The summed E-state index contributed by atoms with van der Waals surface area (Å²) < 4.78 is 28.6. The van der Waals surface area contributed by atoms with Crippen molar-refractivity contribution in [1.29, 1.82) is 0 Å². The van der Waals surface area contributed by atoms with Crippen LogP contribution in [0.2, 0.25) is 0 Å². The molecule has 2 heterocycles. The Morgan fingerprint density at radius 1 is 0.889 bits per heavy atom. The van der Waals surface area contributed by atoms with Crippen molar-refractivity contribution < 1.29 is 18.1 Å². The molecule has 27 heavy (non-hydrogen) atoms. The Hall–Kier alpha value is -2.04. The van der Waals surface area contributed by atoms with Gasteiger partial charge in [-0.3, -0.25) is 14.9 Å². The van der Waals surface area contributed by atoms with E-state index < -0.39 is 21.0 Å². The molecule has 148 valence electrons. The third-order valence-corrected chi connectivity index (χ3v) is 7.11. The molecule has 3 rings (SSSR count). The van der Waals surface area contributed by atoms with Crippen molar-refractivity contribution in [2.75, 3.05) is 39.3 Å². The van der Waals surface area contributed by atoms with E-state index >= 15 is 0 Å². The van der Waals surface area contributed by atoms with Gasteiger partial charge in [-0.25, -0.2) is 0 Å². The first-order valence-electron chi connectivity index (χ1n) is 9.19. The smallest absolute Gasteiger partial charge is 0.282 e. The summed E-state index contributed by atoms with van der Waals surface area (Å²) >= 11 is 0. The van der Waals surface area contributed by atoms with Gasteiger partial charge in [0.2, 0.25) is 0 Å². The molecule has 2 aliphatic heterocycles. The monoisotopic (exact) mass is 396 g/mol. The second-order valence-corrected chi connectivity index (χ2v) is 8.72. The third kappa shape index (κ3) is 4.28. The van der Waals surface area contributed by atoms with Crippen molar-refractivity contribution in [2.24, 2.45) is 0 Å². The minimum atomic E-state index is -3.52. The van der Waals surface area contributed by atoms with Gasteiger partial charge in [0.05, 0.1) is 4.92 Å². The average molecular weight is 396 g/mol. The van der Waals surface area contributed by atoms with E-state index in [0.29, 0.717) is 13.1 Å². The van der Waals surface area contributed by atoms with Gasteiger partial charge in [-0.2, -0.15) is 17.0 Å². The van der Waals surface area contributed by atoms with E-state index in [1.54, 1.807) is 10.4 Å². The maximum atomic E-state index is 12.8. The van der Waals surface area contributed by atoms with Crippen LogP contribution in [0.15, 0.2) is 24.3 Å². The maximum Gasteiger partial charge on any atom is 0.282 e. The average Bonchev–Trinajstić information content (AvgIpc) is 2.97. The first-order chi connectivity index (χ1) is 12.9. The van der Waals surface area contributed by atoms with Crippen LogP contribution in [-0.2, 0) is 10.2 Å². The minimum Gasteiger partial charge on any atom is -0.336 e. The van der Waals surface area contributed by atoms with Crippen LogP contribution in [0.3, 0.4) is 0 Å². The maximum absolute atomic E-state index is 12.8. The number of amides is 1. The SMILES string of the molecule is O=C(c1ccccc1[N+](=O)[O-])N1CCN(S(=O)(=O)N2CCCCCC2)CC1. The lowest BCUT2D eigenvalue weighted by Crippen LogP contribution is -2.54. The molecule has 1 aromatic carbocycles. The summed E-state index contributed by atoms with van der Waals surface area (Å²) in [6.45, 7) is 1.92. The first-order valence-corrected chi connectivity index (χ1v) is 10.6. The number of carbonyl (C=O) groups is 1. The second kappa shape index (κ2) is 8.32. The predicted molar refractivity (Wildman–Crippen MR) is 99.5 cm³/mol. The fourth-order valence-electron chi connectivity index (χ4n) is 3.54. The van der Waals surface area contributed by atoms with Crippen molar-refractivity contribution in [3.63, 3.8) is 0 Å². The fraction of sp³-hybridized carbons (Fsp3) is 0.588.